The van der Waals surface area contributed by atoms with E-state index in [0.29, 0.717) is 93.8 Å². The molecule has 0 N–H and O–H groups in total. The first-order valence-corrected chi connectivity index (χ1v) is 17.9. The number of aromatic nitrogens is 2. The summed E-state index contributed by atoms with van der Waals surface area (Å²) >= 11 is -0.971. The molecule has 0 saturated carbocycles. The molecule has 51 heavy (non-hydrogen) atoms. The molecule has 0 atom stereocenters. The van der Waals surface area contributed by atoms with Crippen LogP contribution in [0.2, 0.25) is 0 Å². The maximum atomic E-state index is 16.2. The second-order valence-corrected chi connectivity index (χ2v) is 13.4. The Bertz CT molecular complexity index is 2800. The molecular weight excluding hydrogens is 662 g/mol. The molecule has 0 unspecified atom stereocenters. The summed E-state index contributed by atoms with van der Waals surface area (Å²) in [7, 11) is 0. The van der Waals surface area contributed by atoms with Crippen molar-refractivity contribution in [2.75, 3.05) is 19.8 Å². The van der Waals surface area contributed by atoms with Gasteiger partial charge in [0.1, 0.15) is 45.7 Å². The van der Waals surface area contributed by atoms with Crippen molar-refractivity contribution in [3.63, 3.8) is 0 Å². The van der Waals surface area contributed by atoms with Crippen LogP contribution in [-0.2, 0) is 0 Å². The van der Waals surface area contributed by atoms with Crippen LogP contribution < -0.4 is 25.2 Å². The summed E-state index contributed by atoms with van der Waals surface area (Å²) in [5.41, 5.74) is 4.21. The third kappa shape index (κ3) is 4.28. The van der Waals surface area contributed by atoms with Crippen LogP contribution in [0.1, 0.15) is 43.0 Å². The molecule has 13 heteroatoms. The van der Waals surface area contributed by atoms with E-state index in [-0.39, 0.29) is 0 Å². The maximum Gasteiger partial charge on any atom is 0.568 e. The molecule has 0 spiro atoms. The smallest absolute Gasteiger partial charge is 0.493 e. The lowest BCUT2D eigenvalue weighted by molar-refractivity contribution is 0.339. The van der Waals surface area contributed by atoms with Crippen molar-refractivity contribution in [2.45, 2.75) is 20.8 Å². The highest BCUT2D eigenvalue weighted by Gasteiger charge is 2.33. The van der Waals surface area contributed by atoms with Crippen LogP contribution in [0.5, 0.6) is 17.2 Å². The van der Waals surface area contributed by atoms with Crippen LogP contribution in [0.25, 0.3) is 21.5 Å². The number of hydrogen-bond acceptors (Lipinski definition) is 9. The first-order chi connectivity index (χ1) is 25.1. The molecule has 11 nitrogen and oxygen atoms in total. The second kappa shape index (κ2) is 11.3. The first kappa shape index (κ1) is 30.0. The van der Waals surface area contributed by atoms with Crippen molar-refractivity contribution in [1.82, 2.24) is 7.10 Å². The Morgan fingerprint density at radius 2 is 1.08 bits per heavy atom. The molecule has 4 aliphatic rings. The van der Waals surface area contributed by atoms with Crippen molar-refractivity contribution in [3.05, 3.63) is 112 Å². The van der Waals surface area contributed by atoms with E-state index < -0.39 is 21.5 Å². The van der Waals surface area contributed by atoms with Gasteiger partial charge in [-0.2, -0.15) is 0 Å². The lowest BCUT2D eigenvalue weighted by atomic mass is 10.1. The highest BCUT2D eigenvalue weighted by atomic mass is 27.1. The number of halogens is 1. The molecule has 0 aliphatic carbocycles. The molecule has 1 radical (unpaired) electrons. The summed E-state index contributed by atoms with van der Waals surface area (Å²) in [4.78, 5) is 31.1. The van der Waals surface area contributed by atoms with Gasteiger partial charge >= 0.3 is 15.7 Å². The highest BCUT2D eigenvalue weighted by molar-refractivity contribution is 6.37. The highest BCUT2D eigenvalue weighted by Crippen LogP contribution is 2.42. The Morgan fingerprint density at radius 3 is 1.80 bits per heavy atom. The Labute approximate surface area is 296 Å². The minimum atomic E-state index is -0.971. The van der Waals surface area contributed by atoms with Crippen molar-refractivity contribution < 1.29 is 18.6 Å². The van der Waals surface area contributed by atoms with Gasteiger partial charge in [-0.15, -0.1) is 0 Å². The van der Waals surface area contributed by atoms with Gasteiger partial charge in [0.2, 0.25) is 0 Å². The number of hydrogen-bond donors (Lipinski definition) is 0. The van der Waals surface area contributed by atoms with Crippen LogP contribution in [0.15, 0.2) is 103 Å². The van der Waals surface area contributed by atoms with E-state index in [9.17, 15) is 0 Å². The molecule has 2 aromatic heterocycles. The van der Waals surface area contributed by atoms with Gasteiger partial charge in [-0.25, -0.2) is 34.3 Å². The van der Waals surface area contributed by atoms with E-state index in [1.54, 1.807) is 6.07 Å². The van der Waals surface area contributed by atoms with Gasteiger partial charge in [0.15, 0.2) is 23.3 Å². The molecule has 6 bridgehead atoms. The predicted molar refractivity (Wildman–Crippen MR) is 195 cm³/mol. The monoisotopic (exact) mass is 689 g/mol. The molecule has 10 rings (SSSR count). The second-order valence-electron chi connectivity index (χ2n) is 12.1. The van der Waals surface area contributed by atoms with E-state index >= 15 is 4.39 Å². The summed E-state index contributed by atoms with van der Waals surface area (Å²) in [6.45, 7) is 7.20. The van der Waals surface area contributed by atoms with Crippen molar-refractivity contribution in [3.8, 4) is 17.2 Å². The largest absolute Gasteiger partial charge is 0.568 e. The summed E-state index contributed by atoms with van der Waals surface area (Å²) < 4.78 is 38.8. The van der Waals surface area contributed by atoms with E-state index in [2.05, 4.69) is 3.55 Å². The van der Waals surface area contributed by atoms with E-state index in [0.717, 1.165) is 33.0 Å². The zero-order chi connectivity index (χ0) is 34.4. The summed E-state index contributed by atoms with van der Waals surface area (Å²) in [6.07, 6.45) is 0. The third-order valence-electron chi connectivity index (χ3n) is 9.26. The fraction of sp³-hybridized carbons (Fsp3) is 0.158. The minimum Gasteiger partial charge on any atom is -0.493 e. The Morgan fingerprint density at radius 1 is 0.529 bits per heavy atom. The summed E-state index contributed by atoms with van der Waals surface area (Å²) in [5, 5.41) is 2.55. The normalized spacial score (nSPS) is 14.7. The average Bonchev–Trinajstić information content (AvgIpc) is 3.84. The lowest BCUT2D eigenvalue weighted by Crippen LogP contribution is -2.36. The number of ether oxygens (including phenoxy) is 3. The zero-order valence-corrected chi connectivity index (χ0v) is 29.0. The van der Waals surface area contributed by atoms with Gasteiger partial charge in [0.05, 0.1) is 41.7 Å². The molecule has 247 valence electrons. The number of amidine groups is 4. The maximum absolute atomic E-state index is 16.2. The fourth-order valence-electron chi connectivity index (χ4n) is 7.26. The van der Waals surface area contributed by atoms with Crippen LogP contribution in [0.4, 0.5) is 16.0 Å². The number of rotatable bonds is 6. The summed E-state index contributed by atoms with van der Waals surface area (Å²) in [6, 6.07) is 22.5. The average molecular weight is 690 g/mol. The van der Waals surface area contributed by atoms with E-state index in [1.165, 1.54) is 6.07 Å². The topological polar surface area (TPSA) is 112 Å². The standard InChI is InChI=1S/C38H27FN8O3.Al/c1-4-48-24-16-8-12-20-28(24)37-43-32(20)41-35-27-19(11-7-15-23(27)39)31(40-35)42-36-29-21(13-9-17-25(29)49-5-2)33(44-36)46-38-30-22(34(45-37)47-38)14-10-18-26(30)50-6-3;/h7-18H,4-6H2,1-3H3;/q-2;+2. The molecule has 0 fully saturated rings. The van der Waals surface area contributed by atoms with Crippen molar-refractivity contribution in [1.29, 1.82) is 0 Å². The Hall–Kier alpha value is -5.90. The quantitative estimate of drug-likeness (QED) is 0.206. The zero-order valence-electron chi connectivity index (χ0n) is 27.8. The number of benzene rings is 4. The van der Waals surface area contributed by atoms with Crippen LogP contribution in [0, 0.1) is 5.82 Å². The molecule has 0 amide bonds. The Balaban J connectivity index is 1.45. The van der Waals surface area contributed by atoms with Gasteiger partial charge in [-0.3, -0.25) is 0 Å². The summed E-state index contributed by atoms with van der Waals surface area (Å²) in [5.74, 6) is 4.21. The molecule has 6 aromatic rings. The third-order valence-corrected chi connectivity index (χ3v) is 10.7. The lowest BCUT2D eigenvalue weighted by Gasteiger charge is -2.12. The van der Waals surface area contributed by atoms with Crippen LogP contribution in [-0.4, -0.2) is 65.9 Å². The van der Waals surface area contributed by atoms with E-state index in [1.807, 2.05) is 85.0 Å². The van der Waals surface area contributed by atoms with Gasteiger partial charge in [0, 0.05) is 21.9 Å². The number of nitrogens with zero attached hydrogens (tertiary/aromatic N) is 8. The molecular formula is C38H27AlFN8O3. The fourth-order valence-corrected chi connectivity index (χ4v) is 8.69. The molecule has 4 aromatic carbocycles. The van der Waals surface area contributed by atoms with Crippen LogP contribution in [0.3, 0.4) is 0 Å². The molecule has 4 aliphatic heterocycles. The van der Waals surface area contributed by atoms with Crippen molar-refractivity contribution >= 4 is 72.2 Å². The first-order valence-electron chi connectivity index (χ1n) is 16.9. The molecule has 0 saturated heterocycles. The van der Waals surface area contributed by atoms with Gasteiger partial charge in [-0.1, -0.05) is 48.5 Å². The van der Waals surface area contributed by atoms with Gasteiger partial charge in [0.25, 0.3) is 0 Å². The molecule has 6 heterocycles. The SMILES string of the molecule is CCOc1cccc2c1C1=NC2=Nc2c3c(F)cccc3c3[n]2[Al][n]2c(c4cccc(OCC)c4c2=NC2=NC(=N3)c3c(OCC)cccc32)=N1. The number of fused-ring (bicyclic) bond motifs is 14. The van der Waals surface area contributed by atoms with E-state index in [4.69, 9.17) is 44.2 Å². The van der Waals surface area contributed by atoms with Gasteiger partial charge in [-0.05, 0) is 45.0 Å². The van der Waals surface area contributed by atoms with Crippen LogP contribution >= 0.6 is 0 Å². The van der Waals surface area contributed by atoms with Crippen molar-refractivity contribution in [2.24, 2.45) is 30.0 Å². The minimum absolute atomic E-state index is 0.340. The predicted octanol–water partition coefficient (Wildman–Crippen LogP) is 5.81. The Kier molecular flexibility index (Phi) is 6.65. The van der Waals surface area contributed by atoms with Gasteiger partial charge < -0.3 is 21.3 Å². The number of aliphatic imine (C=N–C) groups is 4.